The first-order chi connectivity index (χ1) is 18.4. The van der Waals surface area contributed by atoms with Crippen molar-refractivity contribution in [3.8, 4) is 0 Å². The zero-order valence-corrected chi connectivity index (χ0v) is 23.6. The lowest BCUT2D eigenvalue weighted by Crippen LogP contribution is -2.50. The Morgan fingerprint density at radius 3 is 2.56 bits per heavy atom. The molecule has 1 atom stereocenters. The van der Waals surface area contributed by atoms with E-state index in [-0.39, 0.29) is 18.7 Å². The molecule has 0 radical (unpaired) electrons. The van der Waals surface area contributed by atoms with E-state index in [1.807, 2.05) is 53.7 Å². The van der Waals surface area contributed by atoms with Gasteiger partial charge in [-0.2, -0.15) is 9.61 Å². The predicted octanol–water partition coefficient (Wildman–Crippen LogP) is 5.03. The number of amides is 2. The molecule has 0 bridgehead atoms. The van der Waals surface area contributed by atoms with Gasteiger partial charge in [0.2, 0.25) is 0 Å². The quantitative estimate of drug-likeness (QED) is 0.456. The minimum absolute atomic E-state index is 0.0818. The molecule has 5 heterocycles. The minimum Gasteiger partial charge on any atom is -0.467 e. The number of furan rings is 1. The first-order valence-electron chi connectivity index (χ1n) is 13.5. The van der Waals surface area contributed by atoms with Gasteiger partial charge in [0.25, 0.3) is 0 Å². The molecule has 210 valence electrons. The molecule has 0 saturated carbocycles. The Balaban J connectivity index is 1.51. The number of piperidine rings is 1. The number of ether oxygens (including phenoxy) is 2. The molecule has 11 nitrogen and oxygen atoms in total. The summed E-state index contributed by atoms with van der Waals surface area (Å²) in [5, 5.41) is 4.52. The molecule has 39 heavy (non-hydrogen) atoms. The van der Waals surface area contributed by atoms with E-state index in [0.29, 0.717) is 36.7 Å². The van der Waals surface area contributed by atoms with Gasteiger partial charge < -0.3 is 23.7 Å². The summed E-state index contributed by atoms with van der Waals surface area (Å²) in [7, 11) is 0. The van der Waals surface area contributed by atoms with Crippen molar-refractivity contribution in [2.45, 2.75) is 84.6 Å². The largest absolute Gasteiger partial charge is 0.467 e. The fourth-order valence-corrected chi connectivity index (χ4v) is 5.18. The Kier molecular flexibility index (Phi) is 6.94. The highest BCUT2D eigenvalue weighted by Crippen LogP contribution is 2.38. The second-order valence-electron chi connectivity index (χ2n) is 12.2. The van der Waals surface area contributed by atoms with Crippen molar-refractivity contribution in [2.24, 2.45) is 0 Å². The molecule has 3 aromatic heterocycles. The van der Waals surface area contributed by atoms with Crippen LogP contribution in [0.25, 0.3) is 5.65 Å². The lowest BCUT2D eigenvalue weighted by molar-refractivity contribution is 0.0198. The Bertz CT molecular complexity index is 1340. The zero-order chi connectivity index (χ0) is 27.9. The van der Waals surface area contributed by atoms with Crippen molar-refractivity contribution in [3.63, 3.8) is 0 Å². The van der Waals surface area contributed by atoms with Gasteiger partial charge in [0.15, 0.2) is 5.65 Å². The number of aromatic nitrogens is 3. The number of anilines is 2. The van der Waals surface area contributed by atoms with Crippen LogP contribution < -0.4 is 9.80 Å². The topological polar surface area (TPSA) is 106 Å². The lowest BCUT2D eigenvalue weighted by Gasteiger charge is -2.39. The molecule has 2 amide bonds. The molecule has 1 saturated heterocycles. The number of carbonyl (C=O) groups excluding carboxylic acids is 2. The van der Waals surface area contributed by atoms with E-state index >= 15 is 0 Å². The van der Waals surface area contributed by atoms with E-state index in [0.717, 1.165) is 30.8 Å². The highest BCUT2D eigenvalue weighted by molar-refractivity contribution is 5.89. The Labute approximate surface area is 228 Å². The van der Waals surface area contributed by atoms with E-state index < -0.39 is 17.3 Å². The van der Waals surface area contributed by atoms with Gasteiger partial charge in [0, 0.05) is 37.3 Å². The first-order valence-corrected chi connectivity index (χ1v) is 13.5. The normalized spacial score (nSPS) is 17.8. The summed E-state index contributed by atoms with van der Waals surface area (Å²) >= 11 is 0. The molecule has 1 fully saturated rings. The van der Waals surface area contributed by atoms with Crippen molar-refractivity contribution in [3.05, 3.63) is 42.0 Å². The van der Waals surface area contributed by atoms with E-state index in [2.05, 4.69) is 10.00 Å². The van der Waals surface area contributed by atoms with E-state index in [1.165, 1.54) is 0 Å². The van der Waals surface area contributed by atoms with Crippen molar-refractivity contribution < 1.29 is 23.5 Å². The molecular weight excluding hydrogens is 500 g/mol. The molecule has 2 aliphatic heterocycles. The first kappa shape index (κ1) is 26.8. The maximum Gasteiger partial charge on any atom is 0.416 e. The molecule has 0 N–H and O–H groups in total. The van der Waals surface area contributed by atoms with Crippen LogP contribution in [-0.4, -0.2) is 68.6 Å². The van der Waals surface area contributed by atoms with Gasteiger partial charge in [-0.3, -0.25) is 4.90 Å². The van der Waals surface area contributed by atoms with Crippen LogP contribution in [0.3, 0.4) is 0 Å². The third-order valence-electron chi connectivity index (χ3n) is 6.71. The van der Waals surface area contributed by atoms with Crippen LogP contribution in [0.1, 0.15) is 65.7 Å². The summed E-state index contributed by atoms with van der Waals surface area (Å²) in [6, 6.07) is 5.54. The van der Waals surface area contributed by atoms with E-state index in [1.54, 1.807) is 32.8 Å². The monoisotopic (exact) mass is 538 g/mol. The molecule has 11 heteroatoms. The predicted molar refractivity (Wildman–Crippen MR) is 146 cm³/mol. The number of fused-ring (bicyclic) bond motifs is 2. The summed E-state index contributed by atoms with van der Waals surface area (Å²) in [5.41, 5.74) is 0.312. The molecule has 0 aromatic carbocycles. The van der Waals surface area contributed by atoms with Crippen LogP contribution in [0, 0.1) is 0 Å². The lowest BCUT2D eigenvalue weighted by atomic mass is 10.0. The molecule has 0 spiro atoms. The summed E-state index contributed by atoms with van der Waals surface area (Å²) in [5.74, 6) is 2.05. The average molecular weight is 539 g/mol. The highest BCUT2D eigenvalue weighted by atomic mass is 16.6. The van der Waals surface area contributed by atoms with Gasteiger partial charge in [0.1, 0.15) is 28.6 Å². The Morgan fingerprint density at radius 1 is 1.10 bits per heavy atom. The molecule has 5 rings (SSSR count). The Hall–Kier alpha value is -3.76. The number of carbonyl (C=O) groups is 2. The van der Waals surface area contributed by atoms with E-state index in [4.69, 9.17) is 18.9 Å². The average Bonchev–Trinajstić information content (AvgIpc) is 3.60. The summed E-state index contributed by atoms with van der Waals surface area (Å²) in [6.07, 6.45) is 4.97. The van der Waals surface area contributed by atoms with Crippen LogP contribution in [0.4, 0.5) is 21.2 Å². The maximum atomic E-state index is 13.6. The van der Waals surface area contributed by atoms with Crippen LogP contribution in [0.15, 0.2) is 35.1 Å². The van der Waals surface area contributed by atoms with Crippen molar-refractivity contribution in [2.75, 3.05) is 29.4 Å². The van der Waals surface area contributed by atoms with Crippen molar-refractivity contribution in [1.29, 1.82) is 0 Å². The van der Waals surface area contributed by atoms with Gasteiger partial charge in [-0.05, 0) is 72.9 Å². The second kappa shape index (κ2) is 10.1. The Morgan fingerprint density at radius 2 is 1.87 bits per heavy atom. The minimum atomic E-state index is -0.683. The van der Waals surface area contributed by atoms with Crippen LogP contribution in [-0.2, 0) is 22.4 Å². The summed E-state index contributed by atoms with van der Waals surface area (Å²) in [4.78, 5) is 37.0. The van der Waals surface area contributed by atoms with E-state index in [9.17, 15) is 9.59 Å². The number of nitrogens with zero attached hydrogens (tertiary/aromatic N) is 6. The van der Waals surface area contributed by atoms with Gasteiger partial charge in [-0.1, -0.05) is 0 Å². The third kappa shape index (κ3) is 5.81. The van der Waals surface area contributed by atoms with Gasteiger partial charge in [-0.15, -0.1) is 0 Å². The summed E-state index contributed by atoms with van der Waals surface area (Å²) in [6.45, 7) is 13.3. The molecular formula is C28H38N6O5. The second-order valence-corrected chi connectivity index (χ2v) is 12.2. The van der Waals surface area contributed by atoms with Crippen LogP contribution in [0.2, 0.25) is 0 Å². The fourth-order valence-electron chi connectivity index (χ4n) is 5.18. The summed E-state index contributed by atoms with van der Waals surface area (Å²) < 4.78 is 18.8. The van der Waals surface area contributed by atoms with Crippen LogP contribution in [0.5, 0.6) is 0 Å². The molecule has 2 aliphatic rings. The fraction of sp³-hybridized carbons (Fsp3) is 0.571. The van der Waals surface area contributed by atoms with Crippen LogP contribution >= 0.6 is 0 Å². The standard InChI is InChI=1S/C28H38N6O5/c1-27(2,3)38-25(35)31-14-7-9-19(17-31)32-15-12-21-23(32)30-22-11-13-29-34(22)24(21)33(18-20-10-8-16-37-20)26(36)39-28(4,5)6/h8,10-11,13,16,19H,7,9,12,14-15,17-18H2,1-6H3/t19-/m0/s1. The van der Waals surface area contributed by atoms with Crippen molar-refractivity contribution >= 4 is 29.5 Å². The third-order valence-corrected chi connectivity index (χ3v) is 6.71. The SMILES string of the molecule is CC(C)(C)OC(=O)N1CCC[C@H](N2CCc3c2nc2ccnn2c3N(Cc2ccco2)C(=O)OC(C)(C)C)C1. The smallest absolute Gasteiger partial charge is 0.416 e. The van der Waals surface area contributed by atoms with Crippen molar-refractivity contribution in [1.82, 2.24) is 19.5 Å². The number of likely N-dealkylation sites (tertiary alicyclic amines) is 1. The number of hydrogen-bond acceptors (Lipinski definition) is 8. The van der Waals surface area contributed by atoms with Gasteiger partial charge in [0.05, 0.1) is 19.0 Å². The molecule has 0 aliphatic carbocycles. The molecule has 3 aromatic rings. The number of rotatable bonds is 4. The van der Waals surface area contributed by atoms with Gasteiger partial charge in [-0.25, -0.2) is 14.6 Å². The maximum absolute atomic E-state index is 13.6. The zero-order valence-electron chi connectivity index (χ0n) is 23.6. The number of hydrogen-bond donors (Lipinski definition) is 0. The highest BCUT2D eigenvalue weighted by Gasteiger charge is 2.38. The molecule has 0 unspecified atom stereocenters. The van der Waals surface area contributed by atoms with Gasteiger partial charge >= 0.3 is 12.2 Å².